The summed E-state index contributed by atoms with van der Waals surface area (Å²) in [4.78, 5) is 43.0. The van der Waals surface area contributed by atoms with Gasteiger partial charge in [0, 0.05) is 11.7 Å². The molecular formula is C33H41N3O4. The van der Waals surface area contributed by atoms with Gasteiger partial charge < -0.3 is 20.3 Å². The number of hydrogen-bond acceptors (Lipinski definition) is 4. The third-order valence-electron chi connectivity index (χ3n) is 7.49. The van der Waals surface area contributed by atoms with E-state index < -0.39 is 23.8 Å². The number of amides is 3. The van der Waals surface area contributed by atoms with E-state index in [-0.39, 0.29) is 29.7 Å². The predicted molar refractivity (Wildman–Crippen MR) is 159 cm³/mol. The van der Waals surface area contributed by atoms with Gasteiger partial charge in [-0.3, -0.25) is 9.59 Å². The van der Waals surface area contributed by atoms with Crippen molar-refractivity contribution in [1.82, 2.24) is 10.2 Å². The number of rotatable bonds is 9. The van der Waals surface area contributed by atoms with E-state index in [1.54, 1.807) is 25.7 Å². The summed E-state index contributed by atoms with van der Waals surface area (Å²) in [6, 6.07) is 21.3. The van der Waals surface area contributed by atoms with Gasteiger partial charge in [-0.15, -0.1) is 0 Å². The number of alkyl carbamates (subject to hydrolysis) is 1. The van der Waals surface area contributed by atoms with E-state index in [2.05, 4.69) is 17.6 Å². The van der Waals surface area contributed by atoms with Crippen molar-refractivity contribution in [2.75, 3.05) is 5.32 Å². The lowest BCUT2D eigenvalue weighted by molar-refractivity contribution is -0.142. The topological polar surface area (TPSA) is 87.7 Å². The summed E-state index contributed by atoms with van der Waals surface area (Å²) in [5.41, 5.74) is 0.670. The molecule has 40 heavy (non-hydrogen) atoms. The van der Waals surface area contributed by atoms with Gasteiger partial charge in [0.1, 0.15) is 17.7 Å². The minimum absolute atomic E-state index is 0.118. The minimum atomic E-state index is -0.873. The highest BCUT2D eigenvalue weighted by atomic mass is 16.6. The number of ether oxygens (including phenoxy) is 1. The number of benzene rings is 3. The smallest absolute Gasteiger partial charge is 0.408 e. The molecule has 3 amide bonds. The zero-order valence-corrected chi connectivity index (χ0v) is 24.3. The molecule has 0 aliphatic heterocycles. The Morgan fingerprint density at radius 3 is 2.20 bits per heavy atom. The molecule has 0 aromatic heterocycles. The SMILES string of the molecule is CCC(C)C(NC(=O)OC(C)(C)C)C(=O)N(C(C(=O)Nc1ccc2ccccc2c1)c1ccccc1)C1CC1C. The average Bonchev–Trinajstić information content (AvgIpc) is 3.64. The summed E-state index contributed by atoms with van der Waals surface area (Å²) in [6.07, 6.45) is 0.809. The van der Waals surface area contributed by atoms with E-state index in [0.717, 1.165) is 17.2 Å². The third-order valence-corrected chi connectivity index (χ3v) is 7.49. The summed E-state index contributed by atoms with van der Waals surface area (Å²) in [5, 5.41) is 8.00. The van der Waals surface area contributed by atoms with Crippen LogP contribution in [0.5, 0.6) is 0 Å². The lowest BCUT2D eigenvalue weighted by Crippen LogP contribution is -2.55. The molecule has 5 unspecified atom stereocenters. The minimum Gasteiger partial charge on any atom is -0.444 e. The highest BCUT2D eigenvalue weighted by Crippen LogP contribution is 2.41. The van der Waals surface area contributed by atoms with E-state index in [4.69, 9.17) is 4.74 Å². The lowest BCUT2D eigenvalue weighted by atomic mass is 9.95. The number of nitrogens with one attached hydrogen (secondary N) is 2. The van der Waals surface area contributed by atoms with Crippen LogP contribution in [0.1, 0.15) is 66.0 Å². The maximum atomic E-state index is 14.4. The summed E-state index contributed by atoms with van der Waals surface area (Å²) in [7, 11) is 0. The van der Waals surface area contributed by atoms with Crippen LogP contribution in [-0.2, 0) is 14.3 Å². The van der Waals surface area contributed by atoms with E-state index in [0.29, 0.717) is 17.7 Å². The zero-order chi connectivity index (χ0) is 29.0. The van der Waals surface area contributed by atoms with Gasteiger partial charge in [-0.2, -0.15) is 0 Å². The highest BCUT2D eigenvalue weighted by Gasteiger charge is 2.48. The van der Waals surface area contributed by atoms with Crippen molar-refractivity contribution in [3.63, 3.8) is 0 Å². The first kappa shape index (κ1) is 29.1. The maximum Gasteiger partial charge on any atom is 0.408 e. The maximum absolute atomic E-state index is 14.4. The van der Waals surface area contributed by atoms with Crippen molar-refractivity contribution in [1.29, 1.82) is 0 Å². The molecule has 1 aliphatic carbocycles. The Bertz CT molecular complexity index is 1350. The van der Waals surface area contributed by atoms with Crippen LogP contribution in [0.2, 0.25) is 0 Å². The van der Waals surface area contributed by atoms with Crippen molar-refractivity contribution in [2.45, 2.75) is 78.1 Å². The van der Waals surface area contributed by atoms with Gasteiger partial charge in [0.25, 0.3) is 5.91 Å². The first-order chi connectivity index (χ1) is 19.0. The molecule has 4 rings (SSSR count). The molecule has 3 aromatic carbocycles. The molecule has 0 heterocycles. The van der Waals surface area contributed by atoms with Crippen LogP contribution in [0.3, 0.4) is 0 Å². The van der Waals surface area contributed by atoms with Crippen molar-refractivity contribution in [3.05, 3.63) is 78.4 Å². The first-order valence-electron chi connectivity index (χ1n) is 14.1. The molecule has 7 nitrogen and oxygen atoms in total. The van der Waals surface area contributed by atoms with E-state index >= 15 is 0 Å². The van der Waals surface area contributed by atoms with Crippen LogP contribution in [-0.4, -0.2) is 40.5 Å². The Morgan fingerprint density at radius 1 is 0.975 bits per heavy atom. The van der Waals surface area contributed by atoms with Crippen LogP contribution < -0.4 is 10.6 Å². The second kappa shape index (κ2) is 12.1. The van der Waals surface area contributed by atoms with Gasteiger partial charge in [-0.1, -0.05) is 87.9 Å². The van der Waals surface area contributed by atoms with Crippen LogP contribution >= 0.6 is 0 Å². The molecule has 0 saturated heterocycles. The van der Waals surface area contributed by atoms with Crippen molar-refractivity contribution < 1.29 is 19.1 Å². The van der Waals surface area contributed by atoms with Gasteiger partial charge in [0.15, 0.2) is 0 Å². The van der Waals surface area contributed by atoms with Crippen molar-refractivity contribution >= 4 is 34.4 Å². The molecule has 7 heteroatoms. The van der Waals surface area contributed by atoms with E-state index in [1.165, 1.54) is 0 Å². The molecule has 0 spiro atoms. The Morgan fingerprint density at radius 2 is 1.60 bits per heavy atom. The monoisotopic (exact) mass is 543 g/mol. The normalized spacial score (nSPS) is 18.8. The Hall–Kier alpha value is -3.87. The van der Waals surface area contributed by atoms with Crippen LogP contribution in [0.15, 0.2) is 72.8 Å². The van der Waals surface area contributed by atoms with E-state index in [1.807, 2.05) is 86.6 Å². The predicted octanol–water partition coefficient (Wildman–Crippen LogP) is 6.70. The summed E-state index contributed by atoms with van der Waals surface area (Å²) in [6.45, 7) is 11.3. The van der Waals surface area contributed by atoms with Gasteiger partial charge >= 0.3 is 6.09 Å². The molecular weight excluding hydrogens is 502 g/mol. The lowest BCUT2D eigenvalue weighted by Gasteiger charge is -2.36. The molecule has 0 bridgehead atoms. The number of fused-ring (bicyclic) bond motifs is 1. The van der Waals surface area contributed by atoms with Crippen LogP contribution in [0.25, 0.3) is 10.8 Å². The standard InChI is InChI=1S/C33H41N3O4/c1-7-21(2)28(35-32(39)40-33(4,5)6)31(38)36(27-19-22(27)3)29(24-14-9-8-10-15-24)30(37)34-26-18-17-23-13-11-12-16-25(23)20-26/h8-18,20-22,27-29H,7,19H2,1-6H3,(H,34,37)(H,35,39). The number of hydrogen-bond donors (Lipinski definition) is 2. The Kier molecular flexibility index (Phi) is 8.82. The molecule has 1 saturated carbocycles. The number of anilines is 1. The molecule has 0 radical (unpaired) electrons. The first-order valence-corrected chi connectivity index (χ1v) is 14.1. The second-order valence-corrected chi connectivity index (χ2v) is 11.9. The van der Waals surface area contributed by atoms with Crippen molar-refractivity contribution in [2.24, 2.45) is 11.8 Å². The van der Waals surface area contributed by atoms with Gasteiger partial charge in [-0.05, 0) is 67.5 Å². The van der Waals surface area contributed by atoms with E-state index in [9.17, 15) is 14.4 Å². The Labute approximate surface area is 237 Å². The fraction of sp³-hybridized carbons (Fsp3) is 0.424. The molecule has 212 valence electrons. The quantitative estimate of drug-likeness (QED) is 0.315. The summed E-state index contributed by atoms with van der Waals surface area (Å²) < 4.78 is 5.50. The number of carbonyl (C=O) groups excluding carboxylic acids is 3. The Balaban J connectivity index is 1.70. The van der Waals surface area contributed by atoms with Gasteiger partial charge in [0.05, 0.1) is 0 Å². The van der Waals surface area contributed by atoms with Gasteiger partial charge in [-0.25, -0.2) is 4.79 Å². The third kappa shape index (κ3) is 7.00. The molecule has 3 aromatic rings. The molecule has 1 aliphatic rings. The molecule has 1 fully saturated rings. The highest BCUT2D eigenvalue weighted by molar-refractivity contribution is 6.00. The summed E-state index contributed by atoms with van der Waals surface area (Å²) >= 11 is 0. The number of carbonyl (C=O) groups is 3. The largest absolute Gasteiger partial charge is 0.444 e. The second-order valence-electron chi connectivity index (χ2n) is 11.9. The molecule has 5 atom stereocenters. The molecule has 2 N–H and O–H groups in total. The fourth-order valence-electron chi connectivity index (χ4n) is 5.00. The van der Waals surface area contributed by atoms with Crippen LogP contribution in [0.4, 0.5) is 10.5 Å². The van der Waals surface area contributed by atoms with Gasteiger partial charge in [0.2, 0.25) is 5.91 Å². The van der Waals surface area contributed by atoms with Crippen LogP contribution in [0, 0.1) is 11.8 Å². The average molecular weight is 544 g/mol. The zero-order valence-electron chi connectivity index (χ0n) is 24.3. The number of nitrogens with zero attached hydrogens (tertiary/aromatic N) is 1. The fourth-order valence-corrected chi connectivity index (χ4v) is 5.00. The van der Waals surface area contributed by atoms with Crippen molar-refractivity contribution in [3.8, 4) is 0 Å². The summed E-state index contributed by atoms with van der Waals surface area (Å²) in [5.74, 6) is -0.509.